The Morgan fingerprint density at radius 1 is 1.50 bits per heavy atom. The van der Waals surface area contributed by atoms with Crippen LogP contribution in [0, 0.1) is 0 Å². The zero-order chi connectivity index (χ0) is 9.97. The minimum absolute atomic E-state index is 0.572. The minimum Gasteiger partial charge on any atom is -0.221 e. The van der Waals surface area contributed by atoms with E-state index in [2.05, 4.69) is 16.9 Å². The largest absolute Gasteiger partial charge is 0.221 e. The summed E-state index contributed by atoms with van der Waals surface area (Å²) in [6, 6.07) is 1.96. The summed E-state index contributed by atoms with van der Waals surface area (Å²) in [4.78, 5) is 9.67. The Labute approximate surface area is 95.7 Å². The van der Waals surface area contributed by atoms with Gasteiger partial charge in [0.25, 0.3) is 0 Å². The van der Waals surface area contributed by atoms with Gasteiger partial charge in [0.2, 0.25) is 0 Å². The van der Waals surface area contributed by atoms with E-state index in [1.165, 1.54) is 0 Å². The van der Waals surface area contributed by atoms with E-state index in [9.17, 15) is 0 Å². The summed E-state index contributed by atoms with van der Waals surface area (Å²) < 4.78 is 0. The van der Waals surface area contributed by atoms with Gasteiger partial charge >= 0.3 is 0 Å². The molecule has 74 valence electrons. The third-order valence-electron chi connectivity index (χ3n) is 1.76. The van der Waals surface area contributed by atoms with Crippen LogP contribution in [0.25, 0.3) is 10.2 Å². The molecule has 14 heavy (non-hydrogen) atoms. The molecular formula is C9H9ClN2S2. The van der Waals surface area contributed by atoms with Crippen molar-refractivity contribution >= 4 is 44.9 Å². The van der Waals surface area contributed by atoms with Gasteiger partial charge in [-0.1, -0.05) is 18.5 Å². The van der Waals surface area contributed by atoms with E-state index < -0.39 is 0 Å². The lowest BCUT2D eigenvalue weighted by molar-refractivity contribution is 1.08. The van der Waals surface area contributed by atoms with E-state index in [0.717, 1.165) is 27.5 Å². The molecule has 0 saturated heterocycles. The van der Waals surface area contributed by atoms with Crippen molar-refractivity contribution in [2.45, 2.75) is 12.7 Å². The maximum absolute atomic E-state index is 6.03. The van der Waals surface area contributed by atoms with Gasteiger partial charge in [-0.25, -0.2) is 9.97 Å². The van der Waals surface area contributed by atoms with Crippen molar-refractivity contribution in [1.29, 1.82) is 0 Å². The van der Waals surface area contributed by atoms with E-state index in [-0.39, 0.29) is 0 Å². The van der Waals surface area contributed by atoms with Crippen LogP contribution in [-0.4, -0.2) is 15.7 Å². The van der Waals surface area contributed by atoms with Crippen LogP contribution in [0.1, 0.15) is 12.7 Å². The summed E-state index contributed by atoms with van der Waals surface area (Å²) in [6.07, 6.45) is 0. The quantitative estimate of drug-likeness (QED) is 0.772. The summed E-state index contributed by atoms with van der Waals surface area (Å²) in [6.45, 7) is 2.12. The Morgan fingerprint density at radius 3 is 3.14 bits per heavy atom. The van der Waals surface area contributed by atoms with E-state index in [1.54, 1.807) is 23.1 Å². The fourth-order valence-electron chi connectivity index (χ4n) is 1.12. The molecule has 0 fully saturated rings. The summed E-state index contributed by atoms with van der Waals surface area (Å²) in [5, 5.41) is 3.52. The van der Waals surface area contributed by atoms with Gasteiger partial charge in [-0.15, -0.1) is 11.3 Å². The second-order valence-corrected chi connectivity index (χ2v) is 5.23. The van der Waals surface area contributed by atoms with E-state index in [4.69, 9.17) is 11.6 Å². The Morgan fingerprint density at radius 2 is 2.36 bits per heavy atom. The highest BCUT2D eigenvalue weighted by Gasteiger charge is 2.06. The second kappa shape index (κ2) is 4.47. The van der Waals surface area contributed by atoms with Gasteiger partial charge in [0.15, 0.2) is 0 Å². The Hall–Kier alpha value is -0.320. The number of fused-ring (bicyclic) bond motifs is 1. The Kier molecular flexibility index (Phi) is 3.26. The molecule has 2 aromatic heterocycles. The number of nitrogens with zero attached hydrogens (tertiary/aromatic N) is 2. The normalized spacial score (nSPS) is 11.0. The SMILES string of the molecule is CCSCc1nc(Cl)c2ccsc2n1. The fourth-order valence-corrected chi connectivity index (χ4v) is 2.72. The first-order valence-corrected chi connectivity index (χ1v) is 6.70. The van der Waals surface area contributed by atoms with Gasteiger partial charge in [0, 0.05) is 5.39 Å². The molecule has 0 unspecified atom stereocenters. The molecule has 0 atom stereocenters. The van der Waals surface area contributed by atoms with Crippen LogP contribution in [0.2, 0.25) is 5.15 Å². The van der Waals surface area contributed by atoms with Crippen LogP contribution in [0.5, 0.6) is 0 Å². The van der Waals surface area contributed by atoms with Crippen molar-refractivity contribution in [3.05, 3.63) is 22.4 Å². The molecule has 0 N–H and O–H groups in total. The first-order valence-electron chi connectivity index (χ1n) is 4.28. The summed E-state index contributed by atoms with van der Waals surface area (Å²) in [5.74, 6) is 2.74. The highest BCUT2D eigenvalue weighted by atomic mass is 35.5. The molecule has 0 bridgehead atoms. The lowest BCUT2D eigenvalue weighted by Crippen LogP contribution is -1.92. The van der Waals surface area contributed by atoms with Crippen LogP contribution in [0.3, 0.4) is 0 Å². The molecule has 0 aliphatic rings. The Balaban J connectivity index is 2.38. The van der Waals surface area contributed by atoms with E-state index >= 15 is 0 Å². The van der Waals surface area contributed by atoms with Crippen molar-refractivity contribution < 1.29 is 0 Å². The molecule has 0 spiro atoms. The molecule has 2 aromatic rings. The van der Waals surface area contributed by atoms with Crippen molar-refractivity contribution in [3.63, 3.8) is 0 Å². The van der Waals surface area contributed by atoms with Gasteiger partial charge in [0.1, 0.15) is 15.8 Å². The molecule has 0 saturated carbocycles. The number of aromatic nitrogens is 2. The summed E-state index contributed by atoms with van der Waals surface area (Å²) in [5.41, 5.74) is 0. The van der Waals surface area contributed by atoms with Crippen LogP contribution >= 0.6 is 34.7 Å². The van der Waals surface area contributed by atoms with E-state index in [1.807, 2.05) is 11.4 Å². The maximum Gasteiger partial charge on any atom is 0.141 e. The molecule has 2 rings (SSSR count). The molecule has 0 amide bonds. The maximum atomic E-state index is 6.03. The molecule has 0 radical (unpaired) electrons. The first kappa shape index (κ1) is 10.2. The highest BCUT2D eigenvalue weighted by Crippen LogP contribution is 2.25. The third kappa shape index (κ3) is 2.02. The standard InChI is InChI=1S/C9H9ClN2S2/c1-2-13-5-7-11-8(10)6-3-4-14-9(6)12-7/h3-4H,2,5H2,1H3. The summed E-state index contributed by atoms with van der Waals surface area (Å²) >= 11 is 9.44. The molecule has 0 aliphatic carbocycles. The molecule has 0 aromatic carbocycles. The van der Waals surface area contributed by atoms with Gasteiger partial charge in [-0.05, 0) is 17.2 Å². The number of hydrogen-bond donors (Lipinski definition) is 0. The number of rotatable bonds is 3. The minimum atomic E-state index is 0.572. The van der Waals surface area contributed by atoms with E-state index in [0.29, 0.717) is 5.15 Å². The van der Waals surface area contributed by atoms with Crippen molar-refractivity contribution in [2.24, 2.45) is 0 Å². The average molecular weight is 245 g/mol. The summed E-state index contributed by atoms with van der Waals surface area (Å²) in [7, 11) is 0. The first-order chi connectivity index (χ1) is 6.81. The van der Waals surface area contributed by atoms with Crippen molar-refractivity contribution in [2.75, 3.05) is 5.75 Å². The van der Waals surface area contributed by atoms with Crippen LogP contribution in [-0.2, 0) is 5.75 Å². The number of thioether (sulfide) groups is 1. The lowest BCUT2D eigenvalue weighted by atomic mass is 10.4. The topological polar surface area (TPSA) is 25.8 Å². The number of thiophene rings is 1. The van der Waals surface area contributed by atoms with Gasteiger partial charge in [-0.3, -0.25) is 0 Å². The lowest BCUT2D eigenvalue weighted by Gasteiger charge is -1.99. The monoisotopic (exact) mass is 244 g/mol. The van der Waals surface area contributed by atoms with Crippen molar-refractivity contribution in [1.82, 2.24) is 9.97 Å². The average Bonchev–Trinajstić information content (AvgIpc) is 2.63. The predicted molar refractivity (Wildman–Crippen MR) is 64.3 cm³/mol. The van der Waals surface area contributed by atoms with Crippen LogP contribution < -0.4 is 0 Å². The van der Waals surface area contributed by atoms with Crippen molar-refractivity contribution in [3.8, 4) is 0 Å². The molecular weight excluding hydrogens is 236 g/mol. The smallest absolute Gasteiger partial charge is 0.141 e. The van der Waals surface area contributed by atoms with Crippen LogP contribution in [0.15, 0.2) is 11.4 Å². The zero-order valence-electron chi connectivity index (χ0n) is 7.66. The van der Waals surface area contributed by atoms with Gasteiger partial charge in [0.05, 0.1) is 5.75 Å². The predicted octanol–water partition coefficient (Wildman–Crippen LogP) is 3.60. The number of hydrogen-bond acceptors (Lipinski definition) is 4. The number of halogens is 1. The second-order valence-electron chi connectivity index (χ2n) is 2.71. The molecule has 0 aliphatic heterocycles. The molecule has 5 heteroatoms. The van der Waals surface area contributed by atoms with Gasteiger partial charge in [-0.2, -0.15) is 11.8 Å². The molecule has 2 nitrogen and oxygen atoms in total. The van der Waals surface area contributed by atoms with Gasteiger partial charge < -0.3 is 0 Å². The molecule has 2 heterocycles. The Bertz CT molecular complexity index is 441. The third-order valence-corrected chi connectivity index (χ3v) is 3.73. The highest BCUT2D eigenvalue weighted by molar-refractivity contribution is 7.98. The zero-order valence-corrected chi connectivity index (χ0v) is 10.0. The fraction of sp³-hybridized carbons (Fsp3) is 0.333. The van der Waals surface area contributed by atoms with Crippen LogP contribution in [0.4, 0.5) is 0 Å².